The zero-order valence-corrected chi connectivity index (χ0v) is 7.22. The van der Waals surface area contributed by atoms with E-state index in [1.165, 1.54) is 0 Å². The van der Waals surface area contributed by atoms with Gasteiger partial charge in [0.05, 0.1) is 6.61 Å². The number of aliphatic hydroxyl groups is 1. The number of rotatable bonds is 5. The first kappa shape index (κ1) is 9.92. The number of nitrogens with one attached hydrogen (secondary N) is 1. The van der Waals surface area contributed by atoms with E-state index in [1.54, 1.807) is 0 Å². The molecule has 0 heterocycles. The number of hydrogen-bond acceptors (Lipinski definition) is 2. The molecular weight excluding hydrogens is 126 g/mol. The van der Waals surface area contributed by atoms with Crippen LogP contribution in [0.15, 0.2) is 0 Å². The fourth-order valence-corrected chi connectivity index (χ4v) is 0.820. The molecule has 2 nitrogen and oxygen atoms in total. The fraction of sp³-hybridized carbons (Fsp3) is 1.00. The van der Waals surface area contributed by atoms with E-state index in [4.69, 9.17) is 5.11 Å². The fourth-order valence-electron chi connectivity index (χ4n) is 0.820. The minimum Gasteiger partial charge on any atom is -0.395 e. The van der Waals surface area contributed by atoms with Crippen molar-refractivity contribution in [3.8, 4) is 0 Å². The minimum absolute atomic E-state index is 0.251. The molecule has 0 aromatic rings. The van der Waals surface area contributed by atoms with Crippen molar-refractivity contribution in [2.24, 2.45) is 0 Å². The van der Waals surface area contributed by atoms with E-state index in [2.05, 4.69) is 26.1 Å². The predicted molar refractivity (Wildman–Crippen MR) is 44.1 cm³/mol. The molecule has 0 saturated carbocycles. The molecule has 2 unspecified atom stereocenters. The van der Waals surface area contributed by atoms with Gasteiger partial charge in [0.25, 0.3) is 0 Å². The van der Waals surface area contributed by atoms with Crippen LogP contribution >= 0.6 is 0 Å². The first-order chi connectivity index (χ1) is 4.74. The quantitative estimate of drug-likeness (QED) is 0.608. The Morgan fingerprint density at radius 2 is 1.90 bits per heavy atom. The molecule has 0 spiro atoms. The average molecular weight is 145 g/mol. The average Bonchev–Trinajstić information content (AvgIpc) is 1.99. The van der Waals surface area contributed by atoms with E-state index in [0.29, 0.717) is 6.04 Å². The van der Waals surface area contributed by atoms with Crippen LogP contribution in [0.4, 0.5) is 0 Å². The maximum Gasteiger partial charge on any atom is 0.0584 e. The molecule has 62 valence electrons. The normalized spacial score (nSPS) is 16.8. The molecule has 0 amide bonds. The van der Waals surface area contributed by atoms with Crippen molar-refractivity contribution in [1.82, 2.24) is 5.32 Å². The number of aliphatic hydroxyl groups excluding tert-OH is 1. The summed E-state index contributed by atoms with van der Waals surface area (Å²) in [4.78, 5) is 0. The van der Waals surface area contributed by atoms with Gasteiger partial charge < -0.3 is 10.4 Å². The van der Waals surface area contributed by atoms with Crippen molar-refractivity contribution in [3.63, 3.8) is 0 Å². The van der Waals surface area contributed by atoms with Gasteiger partial charge in [-0.15, -0.1) is 0 Å². The van der Waals surface area contributed by atoms with Crippen LogP contribution in [0, 0.1) is 0 Å². The number of hydrogen-bond donors (Lipinski definition) is 2. The predicted octanol–water partition coefficient (Wildman–Crippen LogP) is 1.15. The second-order valence-electron chi connectivity index (χ2n) is 2.76. The van der Waals surface area contributed by atoms with Crippen LogP contribution in [-0.2, 0) is 0 Å². The molecule has 10 heavy (non-hydrogen) atoms. The first-order valence-electron chi connectivity index (χ1n) is 4.11. The lowest BCUT2D eigenvalue weighted by atomic mass is 10.2. The standard InChI is InChI=1S/C8H19NO/c1-4-7(3)9-8(5-2)6-10/h7-10H,4-6H2,1-3H3. The van der Waals surface area contributed by atoms with Gasteiger partial charge in [-0.05, 0) is 19.8 Å². The van der Waals surface area contributed by atoms with Crippen LogP contribution in [0.1, 0.15) is 33.6 Å². The third kappa shape index (κ3) is 3.85. The third-order valence-corrected chi connectivity index (χ3v) is 1.85. The van der Waals surface area contributed by atoms with Crippen molar-refractivity contribution in [3.05, 3.63) is 0 Å². The van der Waals surface area contributed by atoms with Crippen molar-refractivity contribution < 1.29 is 5.11 Å². The molecule has 0 radical (unpaired) electrons. The highest BCUT2D eigenvalue weighted by atomic mass is 16.3. The van der Waals surface area contributed by atoms with Crippen molar-refractivity contribution in [1.29, 1.82) is 0 Å². The Kier molecular flexibility index (Phi) is 5.64. The van der Waals surface area contributed by atoms with Crippen LogP contribution in [0.5, 0.6) is 0 Å². The lowest BCUT2D eigenvalue weighted by molar-refractivity contribution is 0.229. The molecular formula is C8H19NO. The molecule has 0 aliphatic rings. The van der Waals surface area contributed by atoms with Crippen molar-refractivity contribution >= 4 is 0 Å². The van der Waals surface area contributed by atoms with E-state index in [-0.39, 0.29) is 12.6 Å². The second kappa shape index (κ2) is 5.69. The van der Waals surface area contributed by atoms with Gasteiger partial charge in [0.2, 0.25) is 0 Å². The Hall–Kier alpha value is -0.0800. The largest absolute Gasteiger partial charge is 0.395 e. The van der Waals surface area contributed by atoms with Crippen LogP contribution in [0.25, 0.3) is 0 Å². The molecule has 2 atom stereocenters. The molecule has 0 fully saturated rings. The van der Waals surface area contributed by atoms with Crippen molar-refractivity contribution in [2.45, 2.75) is 45.7 Å². The molecule has 0 saturated heterocycles. The highest BCUT2D eigenvalue weighted by Gasteiger charge is 2.05. The van der Waals surface area contributed by atoms with Gasteiger partial charge in [-0.3, -0.25) is 0 Å². The first-order valence-corrected chi connectivity index (χ1v) is 4.11. The molecule has 0 aromatic heterocycles. The summed E-state index contributed by atoms with van der Waals surface area (Å²) in [7, 11) is 0. The van der Waals surface area contributed by atoms with E-state index in [0.717, 1.165) is 12.8 Å². The summed E-state index contributed by atoms with van der Waals surface area (Å²) in [5.74, 6) is 0. The molecule has 0 rings (SSSR count). The summed E-state index contributed by atoms with van der Waals surface area (Å²) < 4.78 is 0. The van der Waals surface area contributed by atoms with Gasteiger partial charge in [-0.25, -0.2) is 0 Å². The van der Waals surface area contributed by atoms with Crippen LogP contribution in [-0.4, -0.2) is 23.8 Å². The topological polar surface area (TPSA) is 32.3 Å². The maximum absolute atomic E-state index is 8.81. The lowest BCUT2D eigenvalue weighted by Gasteiger charge is -2.18. The second-order valence-corrected chi connectivity index (χ2v) is 2.76. The highest BCUT2D eigenvalue weighted by molar-refractivity contribution is 4.67. The third-order valence-electron chi connectivity index (χ3n) is 1.85. The van der Waals surface area contributed by atoms with Gasteiger partial charge in [-0.2, -0.15) is 0 Å². The Morgan fingerprint density at radius 3 is 2.20 bits per heavy atom. The molecule has 0 bridgehead atoms. The van der Waals surface area contributed by atoms with Gasteiger partial charge in [0.1, 0.15) is 0 Å². The van der Waals surface area contributed by atoms with E-state index in [9.17, 15) is 0 Å². The molecule has 0 aliphatic heterocycles. The summed E-state index contributed by atoms with van der Waals surface area (Å²) in [5, 5.41) is 12.1. The van der Waals surface area contributed by atoms with Gasteiger partial charge in [0.15, 0.2) is 0 Å². The Labute approximate surface area is 63.6 Å². The smallest absolute Gasteiger partial charge is 0.0584 e. The zero-order valence-electron chi connectivity index (χ0n) is 7.22. The monoisotopic (exact) mass is 145 g/mol. The summed E-state index contributed by atoms with van der Waals surface area (Å²) in [6, 6.07) is 0.812. The summed E-state index contributed by atoms with van der Waals surface area (Å²) in [6.45, 7) is 6.61. The Morgan fingerprint density at radius 1 is 1.30 bits per heavy atom. The van der Waals surface area contributed by atoms with Gasteiger partial charge in [0, 0.05) is 12.1 Å². The van der Waals surface area contributed by atoms with Crippen LogP contribution in [0.3, 0.4) is 0 Å². The SMILES string of the molecule is CCC(C)NC(CC)CO. The van der Waals surface area contributed by atoms with Gasteiger partial charge >= 0.3 is 0 Å². The molecule has 0 aromatic carbocycles. The summed E-state index contributed by atoms with van der Waals surface area (Å²) >= 11 is 0. The molecule has 2 heteroatoms. The summed E-state index contributed by atoms with van der Waals surface area (Å²) in [6.07, 6.45) is 2.12. The zero-order chi connectivity index (χ0) is 7.98. The van der Waals surface area contributed by atoms with E-state index in [1.807, 2.05) is 0 Å². The van der Waals surface area contributed by atoms with E-state index < -0.39 is 0 Å². The van der Waals surface area contributed by atoms with Gasteiger partial charge in [-0.1, -0.05) is 13.8 Å². The summed E-state index contributed by atoms with van der Waals surface area (Å²) in [5.41, 5.74) is 0. The molecule has 0 aliphatic carbocycles. The minimum atomic E-state index is 0.251. The highest BCUT2D eigenvalue weighted by Crippen LogP contribution is 1.94. The van der Waals surface area contributed by atoms with E-state index >= 15 is 0 Å². The lowest BCUT2D eigenvalue weighted by Crippen LogP contribution is -2.38. The van der Waals surface area contributed by atoms with Crippen LogP contribution < -0.4 is 5.32 Å². The Bertz CT molecular complexity index is 71.7. The molecule has 2 N–H and O–H groups in total. The maximum atomic E-state index is 8.81. The van der Waals surface area contributed by atoms with Crippen molar-refractivity contribution in [2.75, 3.05) is 6.61 Å². The van der Waals surface area contributed by atoms with Crippen LogP contribution in [0.2, 0.25) is 0 Å². The Balaban J connectivity index is 3.41.